The van der Waals surface area contributed by atoms with Gasteiger partial charge in [-0.1, -0.05) is 20.8 Å². The largest absolute Gasteiger partial charge is 0.400 e. The van der Waals surface area contributed by atoms with Crippen LogP contribution in [0, 0.1) is 22.7 Å². The first-order valence-corrected chi connectivity index (χ1v) is 5.97. The molecule has 3 aliphatic rings. The van der Waals surface area contributed by atoms with E-state index in [2.05, 4.69) is 38.8 Å². The predicted octanol–water partition coefficient (Wildman–Crippen LogP) is 1.86. The van der Waals surface area contributed by atoms with Gasteiger partial charge in [-0.3, -0.25) is 4.90 Å². The fourth-order valence-corrected chi connectivity index (χ4v) is 3.20. The zero-order valence-electron chi connectivity index (χ0n) is 10.6. The number of nitrogens with zero attached hydrogens (tertiary/aromatic N) is 2. The maximum Gasteiger partial charge on any atom is 0.0968 e. The first-order chi connectivity index (χ1) is 7.36. The number of rotatable bonds is 0. The molecule has 1 atom stereocenters. The van der Waals surface area contributed by atoms with E-state index < -0.39 is 0 Å². The second kappa shape index (κ2) is 3.49. The van der Waals surface area contributed by atoms with Gasteiger partial charge in [0, 0.05) is 11.7 Å². The molecule has 0 aromatic carbocycles. The summed E-state index contributed by atoms with van der Waals surface area (Å²) < 4.78 is 0. The Balaban J connectivity index is 2.46. The highest BCUT2D eigenvalue weighted by atomic mass is 15.2. The Kier molecular flexibility index (Phi) is 2.51. The summed E-state index contributed by atoms with van der Waals surface area (Å²) in [6, 6.07) is 3.14. The summed E-state index contributed by atoms with van der Waals surface area (Å²) in [7, 11) is 2.14. The van der Waals surface area contributed by atoms with E-state index in [0.717, 1.165) is 24.1 Å². The molecule has 0 amide bonds. The van der Waals surface area contributed by atoms with Crippen molar-refractivity contribution >= 4 is 0 Å². The first-order valence-electron chi connectivity index (χ1n) is 5.97. The summed E-state index contributed by atoms with van der Waals surface area (Å²) in [4.78, 5) is 2.37. The van der Waals surface area contributed by atoms with E-state index in [1.807, 2.05) is 0 Å². The Bertz CT molecular complexity index is 364. The van der Waals surface area contributed by atoms with Crippen LogP contribution in [0.15, 0.2) is 11.3 Å². The number of hydrogen-bond acceptors (Lipinski definition) is 3. The molecule has 0 radical (unpaired) electrons. The standard InChI is InChI=1S/C13H21N3/c1-13(2,3)12-11(15)10(7-14)8-5-9(6-8)16(12)4/h8-9,12H,5-6,15H2,1-4H3/t8?,9?,12-/m0/s1. The van der Waals surface area contributed by atoms with Crippen LogP contribution >= 0.6 is 0 Å². The summed E-state index contributed by atoms with van der Waals surface area (Å²) in [5.41, 5.74) is 7.98. The van der Waals surface area contributed by atoms with Crippen LogP contribution in [0.1, 0.15) is 33.6 Å². The third-order valence-corrected chi connectivity index (χ3v) is 4.05. The molecule has 1 fully saturated rings. The number of allylic oxidation sites excluding steroid dienone is 1. The van der Waals surface area contributed by atoms with Crippen LogP contribution in [-0.4, -0.2) is 24.0 Å². The molecule has 3 nitrogen and oxygen atoms in total. The van der Waals surface area contributed by atoms with Crippen molar-refractivity contribution in [3.63, 3.8) is 0 Å². The molecule has 2 bridgehead atoms. The lowest BCUT2D eigenvalue weighted by molar-refractivity contribution is 0.0615. The first kappa shape index (κ1) is 11.5. The van der Waals surface area contributed by atoms with Crippen molar-refractivity contribution in [2.75, 3.05) is 7.05 Å². The smallest absolute Gasteiger partial charge is 0.0968 e. The van der Waals surface area contributed by atoms with E-state index in [9.17, 15) is 5.26 Å². The number of likely N-dealkylation sites (N-methyl/N-ethyl adjacent to an activating group) is 1. The third-order valence-electron chi connectivity index (χ3n) is 4.05. The fourth-order valence-electron chi connectivity index (χ4n) is 3.20. The van der Waals surface area contributed by atoms with Gasteiger partial charge in [0.2, 0.25) is 0 Å². The number of nitriles is 1. The van der Waals surface area contributed by atoms with Gasteiger partial charge in [-0.05, 0) is 31.2 Å². The lowest BCUT2D eigenvalue weighted by atomic mass is 9.76. The minimum absolute atomic E-state index is 0.0818. The molecule has 1 aliphatic carbocycles. The fraction of sp³-hybridized carbons (Fsp3) is 0.769. The van der Waals surface area contributed by atoms with Crippen LogP contribution in [0.4, 0.5) is 0 Å². The third kappa shape index (κ3) is 1.53. The maximum atomic E-state index is 9.24. The monoisotopic (exact) mass is 219 g/mol. The van der Waals surface area contributed by atoms with Crippen molar-refractivity contribution in [3.8, 4) is 6.07 Å². The Morgan fingerprint density at radius 2 is 1.94 bits per heavy atom. The van der Waals surface area contributed by atoms with E-state index >= 15 is 0 Å². The van der Waals surface area contributed by atoms with Crippen LogP contribution in [0.5, 0.6) is 0 Å². The summed E-state index contributed by atoms with van der Waals surface area (Å²) >= 11 is 0. The molecule has 88 valence electrons. The lowest BCUT2D eigenvalue weighted by Crippen LogP contribution is -2.50. The molecule has 2 N–H and O–H groups in total. The summed E-state index contributed by atoms with van der Waals surface area (Å²) in [5.74, 6) is 0.421. The number of hydrogen-bond donors (Lipinski definition) is 1. The van der Waals surface area contributed by atoms with Crippen LogP contribution in [-0.2, 0) is 0 Å². The molecule has 2 heterocycles. The van der Waals surface area contributed by atoms with Crippen molar-refractivity contribution in [1.82, 2.24) is 4.90 Å². The van der Waals surface area contributed by atoms with Crippen LogP contribution in [0.2, 0.25) is 0 Å². The molecular formula is C13H21N3. The van der Waals surface area contributed by atoms with Crippen molar-refractivity contribution in [2.24, 2.45) is 17.1 Å². The highest BCUT2D eigenvalue weighted by Gasteiger charge is 2.46. The van der Waals surface area contributed by atoms with E-state index in [1.54, 1.807) is 0 Å². The lowest BCUT2D eigenvalue weighted by Gasteiger charge is -2.44. The summed E-state index contributed by atoms with van der Waals surface area (Å²) in [6.07, 6.45) is 2.21. The van der Waals surface area contributed by atoms with Gasteiger partial charge in [0.15, 0.2) is 0 Å². The SMILES string of the molecule is CN1C2CC(C2)C(C#N)=C(N)[C@H]1C(C)(C)C. The van der Waals surface area contributed by atoms with E-state index in [-0.39, 0.29) is 11.5 Å². The molecule has 2 aliphatic heterocycles. The summed E-state index contributed by atoms with van der Waals surface area (Å²) in [6.45, 7) is 6.58. The van der Waals surface area contributed by atoms with Gasteiger partial charge in [-0.25, -0.2) is 0 Å². The molecule has 0 aromatic rings. The second-order valence-electron chi connectivity index (χ2n) is 6.24. The summed E-state index contributed by atoms with van der Waals surface area (Å²) in [5, 5.41) is 9.24. The van der Waals surface area contributed by atoms with Crippen molar-refractivity contribution in [1.29, 1.82) is 5.26 Å². The minimum Gasteiger partial charge on any atom is -0.400 e. The van der Waals surface area contributed by atoms with Crippen LogP contribution in [0.25, 0.3) is 0 Å². The Labute approximate surface area is 97.9 Å². The van der Waals surface area contributed by atoms with Gasteiger partial charge in [0.1, 0.15) is 0 Å². The van der Waals surface area contributed by atoms with E-state index in [1.165, 1.54) is 0 Å². The number of fused-ring (bicyclic) bond motifs is 2. The Morgan fingerprint density at radius 1 is 1.38 bits per heavy atom. The Hall–Kier alpha value is -1.01. The van der Waals surface area contributed by atoms with Crippen LogP contribution in [0.3, 0.4) is 0 Å². The molecule has 16 heavy (non-hydrogen) atoms. The van der Waals surface area contributed by atoms with E-state index in [4.69, 9.17) is 5.73 Å². The Morgan fingerprint density at radius 3 is 2.38 bits per heavy atom. The second-order valence-corrected chi connectivity index (χ2v) is 6.24. The van der Waals surface area contributed by atoms with Crippen molar-refractivity contribution in [2.45, 2.75) is 45.7 Å². The molecule has 3 rings (SSSR count). The van der Waals surface area contributed by atoms with Gasteiger partial charge in [-0.15, -0.1) is 0 Å². The highest BCUT2D eigenvalue weighted by molar-refractivity contribution is 5.37. The minimum atomic E-state index is 0.0818. The van der Waals surface area contributed by atoms with Gasteiger partial charge >= 0.3 is 0 Å². The van der Waals surface area contributed by atoms with Crippen molar-refractivity contribution < 1.29 is 0 Å². The molecule has 3 heteroatoms. The van der Waals surface area contributed by atoms with Crippen molar-refractivity contribution in [3.05, 3.63) is 11.3 Å². The molecule has 0 saturated heterocycles. The number of nitrogens with two attached hydrogens (primary N) is 1. The quantitative estimate of drug-likeness (QED) is 0.676. The normalized spacial score (nSPS) is 35.3. The van der Waals surface area contributed by atoms with Gasteiger partial charge < -0.3 is 5.73 Å². The average molecular weight is 219 g/mol. The molecule has 0 spiro atoms. The van der Waals surface area contributed by atoms with E-state index in [0.29, 0.717) is 12.0 Å². The zero-order chi connectivity index (χ0) is 12.1. The van der Waals surface area contributed by atoms with Gasteiger partial charge in [0.25, 0.3) is 0 Å². The highest BCUT2D eigenvalue weighted by Crippen LogP contribution is 2.45. The topological polar surface area (TPSA) is 53.0 Å². The molecule has 1 saturated carbocycles. The zero-order valence-corrected chi connectivity index (χ0v) is 10.6. The van der Waals surface area contributed by atoms with Crippen LogP contribution < -0.4 is 5.73 Å². The molecular weight excluding hydrogens is 198 g/mol. The maximum absolute atomic E-state index is 9.24. The predicted molar refractivity (Wildman–Crippen MR) is 64.3 cm³/mol. The van der Waals surface area contributed by atoms with Gasteiger partial charge in [-0.2, -0.15) is 5.26 Å². The molecule has 0 unspecified atom stereocenters. The van der Waals surface area contributed by atoms with Gasteiger partial charge in [0.05, 0.1) is 17.7 Å². The molecule has 0 aromatic heterocycles. The average Bonchev–Trinajstić information content (AvgIpc) is 2.22.